The lowest BCUT2D eigenvalue weighted by Gasteiger charge is -2.34. The zero-order chi connectivity index (χ0) is 28.7. The molecule has 1 unspecified atom stereocenters. The third-order valence-corrected chi connectivity index (χ3v) is 8.45. The number of aryl methyl sites for hydroxylation is 1. The first-order chi connectivity index (χ1) is 19.6. The number of nitrogens with zero attached hydrogens (tertiary/aromatic N) is 3. The molecule has 6 rings (SSSR count). The summed E-state index contributed by atoms with van der Waals surface area (Å²) in [6.07, 6.45) is -3.45. The second-order valence-corrected chi connectivity index (χ2v) is 11.6. The van der Waals surface area contributed by atoms with Crippen LogP contribution >= 0.6 is 23.2 Å². The van der Waals surface area contributed by atoms with Crippen molar-refractivity contribution in [2.24, 2.45) is 0 Å². The van der Waals surface area contributed by atoms with Crippen molar-refractivity contribution < 1.29 is 17.9 Å². The molecule has 5 nitrogen and oxygen atoms in total. The van der Waals surface area contributed by atoms with Gasteiger partial charge in [-0.15, -0.1) is 0 Å². The maximum absolute atomic E-state index is 13.8. The predicted molar refractivity (Wildman–Crippen MR) is 157 cm³/mol. The lowest BCUT2D eigenvalue weighted by atomic mass is 10.1. The van der Waals surface area contributed by atoms with E-state index in [0.29, 0.717) is 46.7 Å². The van der Waals surface area contributed by atoms with Crippen LogP contribution in [-0.4, -0.2) is 53.1 Å². The fraction of sp³-hybridized carbons (Fsp3) is 0.323. The second kappa shape index (κ2) is 11.3. The van der Waals surface area contributed by atoms with Gasteiger partial charge in [0.2, 0.25) is 0 Å². The van der Waals surface area contributed by atoms with Crippen molar-refractivity contribution in [2.45, 2.75) is 38.1 Å². The highest BCUT2D eigenvalue weighted by Crippen LogP contribution is 2.37. The van der Waals surface area contributed by atoms with Gasteiger partial charge in [-0.1, -0.05) is 47.5 Å². The monoisotopic (exact) mass is 600 g/mol. The summed E-state index contributed by atoms with van der Waals surface area (Å²) in [5.74, 6) is 0.181. The molecule has 0 saturated carbocycles. The third kappa shape index (κ3) is 6.26. The Morgan fingerprint density at radius 1 is 0.976 bits per heavy atom. The van der Waals surface area contributed by atoms with Crippen LogP contribution in [0.15, 0.2) is 66.7 Å². The van der Waals surface area contributed by atoms with Crippen LogP contribution in [0.3, 0.4) is 0 Å². The Morgan fingerprint density at radius 2 is 1.76 bits per heavy atom. The van der Waals surface area contributed by atoms with Crippen LogP contribution in [0.25, 0.3) is 10.9 Å². The number of ether oxygens (including phenoxy) is 1. The number of hydrogen-bond acceptors (Lipinski definition) is 5. The Kier molecular flexibility index (Phi) is 7.76. The van der Waals surface area contributed by atoms with E-state index in [9.17, 15) is 13.2 Å². The van der Waals surface area contributed by atoms with Crippen LogP contribution < -0.4 is 10.1 Å². The number of aromatic nitrogens is 1. The lowest BCUT2D eigenvalue weighted by molar-refractivity contribution is -0.137. The molecule has 214 valence electrons. The maximum atomic E-state index is 13.8. The highest BCUT2D eigenvalue weighted by atomic mass is 35.5. The first-order valence-corrected chi connectivity index (χ1v) is 14.3. The summed E-state index contributed by atoms with van der Waals surface area (Å²) in [6.45, 7) is 5.38. The number of rotatable bonds is 8. The summed E-state index contributed by atoms with van der Waals surface area (Å²) in [4.78, 5) is 9.32. The molecule has 0 radical (unpaired) electrons. The Labute approximate surface area is 246 Å². The fourth-order valence-electron chi connectivity index (χ4n) is 5.93. The van der Waals surface area contributed by atoms with E-state index in [4.69, 9.17) is 27.9 Å². The molecular weight excluding hydrogens is 572 g/mol. The number of hydrogen-bond donors (Lipinski definition) is 1. The van der Waals surface area contributed by atoms with E-state index in [1.54, 1.807) is 12.1 Å². The third-order valence-electron chi connectivity index (χ3n) is 7.86. The first kappa shape index (κ1) is 28.1. The van der Waals surface area contributed by atoms with Gasteiger partial charge in [-0.3, -0.25) is 14.8 Å². The summed E-state index contributed by atoms with van der Waals surface area (Å²) in [6, 6.07) is 19.5. The molecule has 1 aromatic heterocycles. The summed E-state index contributed by atoms with van der Waals surface area (Å²) >= 11 is 12.4. The predicted octanol–water partition coefficient (Wildman–Crippen LogP) is 7.95. The topological polar surface area (TPSA) is 40.6 Å². The number of piperazine rings is 1. The van der Waals surface area contributed by atoms with Crippen LogP contribution in [-0.2, 0) is 12.7 Å². The van der Waals surface area contributed by atoms with E-state index < -0.39 is 11.7 Å². The SMILES string of the molecule is Cc1cc(Nc2cc(OCCN3C[C@@H]4CC3CN4Cc3ccc(Cl)cc3Cl)cc(C(F)(F)F)c2)c2ccccc2n1. The number of nitrogens with one attached hydrogen (secondary N) is 1. The molecule has 0 aliphatic carbocycles. The van der Waals surface area contributed by atoms with Gasteiger partial charge in [0.05, 0.1) is 11.1 Å². The Balaban J connectivity index is 1.11. The van der Waals surface area contributed by atoms with Crippen molar-refractivity contribution in [2.75, 3.05) is 31.6 Å². The molecule has 4 aromatic rings. The smallest absolute Gasteiger partial charge is 0.416 e. The number of pyridine rings is 1. The molecule has 2 aliphatic heterocycles. The highest BCUT2D eigenvalue weighted by molar-refractivity contribution is 6.35. The number of benzene rings is 3. The van der Waals surface area contributed by atoms with E-state index in [1.165, 1.54) is 0 Å². The molecule has 3 heterocycles. The quantitative estimate of drug-likeness (QED) is 0.222. The molecule has 0 spiro atoms. The summed E-state index contributed by atoms with van der Waals surface area (Å²) < 4.78 is 47.3. The molecule has 1 N–H and O–H groups in total. The number of halogens is 5. The lowest BCUT2D eigenvalue weighted by Crippen LogP contribution is -2.47. The Morgan fingerprint density at radius 3 is 2.51 bits per heavy atom. The second-order valence-electron chi connectivity index (χ2n) is 10.7. The minimum Gasteiger partial charge on any atom is -0.492 e. The number of anilines is 2. The minimum absolute atomic E-state index is 0.181. The number of fused-ring (bicyclic) bond motifs is 3. The number of alkyl halides is 3. The van der Waals surface area contributed by atoms with E-state index in [-0.39, 0.29) is 5.75 Å². The summed E-state index contributed by atoms with van der Waals surface area (Å²) in [5, 5.41) is 5.30. The summed E-state index contributed by atoms with van der Waals surface area (Å²) in [5.41, 5.74) is 2.84. The molecule has 41 heavy (non-hydrogen) atoms. The maximum Gasteiger partial charge on any atom is 0.416 e. The standard InChI is InChI=1S/C31H29Cl2F3N4O/c1-19-10-30(27-4-2-3-5-29(27)37-19)38-23-11-21(31(34,35)36)12-26(14-23)41-9-8-39-17-25-15-24(39)18-40(25)16-20-6-7-22(32)13-28(20)33/h2-7,10-14,24-25H,8-9,15-18H2,1H3,(H,37,38)/t24?,25-/m0/s1. The van der Waals surface area contributed by atoms with Crippen LogP contribution in [0.4, 0.5) is 24.5 Å². The van der Waals surface area contributed by atoms with E-state index >= 15 is 0 Å². The molecule has 3 aromatic carbocycles. The van der Waals surface area contributed by atoms with Gasteiger partial charge >= 0.3 is 6.18 Å². The van der Waals surface area contributed by atoms with Gasteiger partial charge in [0, 0.05) is 76.8 Å². The van der Waals surface area contributed by atoms with E-state index in [0.717, 1.165) is 60.3 Å². The number of para-hydroxylation sites is 1. The van der Waals surface area contributed by atoms with Gasteiger partial charge in [0.15, 0.2) is 0 Å². The van der Waals surface area contributed by atoms with Crippen LogP contribution in [0.2, 0.25) is 10.0 Å². The normalized spacial score (nSPS) is 19.3. The Hall–Kier alpha value is -3.04. The van der Waals surface area contributed by atoms with Crippen molar-refractivity contribution in [1.29, 1.82) is 0 Å². The van der Waals surface area contributed by atoms with Gasteiger partial charge in [0.25, 0.3) is 0 Å². The largest absolute Gasteiger partial charge is 0.492 e. The minimum atomic E-state index is -4.50. The highest BCUT2D eigenvalue weighted by Gasteiger charge is 2.42. The van der Waals surface area contributed by atoms with Gasteiger partial charge in [0.1, 0.15) is 12.4 Å². The van der Waals surface area contributed by atoms with E-state index in [1.807, 2.05) is 49.4 Å². The van der Waals surface area contributed by atoms with Crippen LogP contribution in [0, 0.1) is 6.92 Å². The molecule has 2 fully saturated rings. The molecule has 2 aliphatic rings. The molecule has 2 saturated heterocycles. The molecule has 10 heteroatoms. The van der Waals surface area contributed by atoms with E-state index in [2.05, 4.69) is 20.1 Å². The van der Waals surface area contributed by atoms with Crippen molar-refractivity contribution >= 4 is 45.5 Å². The molecule has 2 atom stereocenters. The van der Waals surface area contributed by atoms with Gasteiger partial charge < -0.3 is 10.1 Å². The molecule has 0 amide bonds. The van der Waals surface area contributed by atoms with Gasteiger partial charge in [-0.25, -0.2) is 0 Å². The van der Waals surface area contributed by atoms with Crippen molar-refractivity contribution in [3.63, 3.8) is 0 Å². The zero-order valence-corrected chi connectivity index (χ0v) is 23.9. The van der Waals surface area contributed by atoms with Crippen molar-refractivity contribution in [3.8, 4) is 5.75 Å². The zero-order valence-electron chi connectivity index (χ0n) is 22.4. The Bertz CT molecular complexity index is 1580. The first-order valence-electron chi connectivity index (χ1n) is 13.5. The average Bonchev–Trinajstić information content (AvgIpc) is 3.50. The average molecular weight is 602 g/mol. The van der Waals surface area contributed by atoms with Gasteiger partial charge in [-0.05, 0) is 55.3 Å². The fourth-order valence-corrected chi connectivity index (χ4v) is 6.40. The van der Waals surface area contributed by atoms with Crippen molar-refractivity contribution in [1.82, 2.24) is 14.8 Å². The van der Waals surface area contributed by atoms with Crippen LogP contribution in [0.5, 0.6) is 5.75 Å². The molecular formula is C31H29Cl2F3N4O. The summed E-state index contributed by atoms with van der Waals surface area (Å²) in [7, 11) is 0. The van der Waals surface area contributed by atoms with Crippen molar-refractivity contribution in [3.05, 3.63) is 93.6 Å². The number of likely N-dealkylation sites (tertiary alicyclic amines) is 2. The van der Waals surface area contributed by atoms with Gasteiger partial charge in [-0.2, -0.15) is 13.2 Å². The van der Waals surface area contributed by atoms with Crippen LogP contribution in [0.1, 0.15) is 23.2 Å². The molecule has 2 bridgehead atoms.